The minimum atomic E-state index is -0.279. The molecule has 132 valence electrons. The Labute approximate surface area is 164 Å². The molecular weight excluding hydrogens is 418 g/mol. The number of nitrogens with one attached hydrogen (secondary N) is 2. The largest absolute Gasteiger partial charge is 0.340 e. The Morgan fingerprint density at radius 1 is 1.35 bits per heavy atom. The molecular formula is C18H15BrClN5O. The molecule has 0 fully saturated rings. The van der Waals surface area contributed by atoms with Gasteiger partial charge in [-0.05, 0) is 40.2 Å². The van der Waals surface area contributed by atoms with Gasteiger partial charge in [-0.1, -0.05) is 18.2 Å². The average Bonchev–Trinajstić information content (AvgIpc) is 3.05. The first-order chi connectivity index (χ1) is 12.5. The molecule has 0 saturated heterocycles. The predicted molar refractivity (Wildman–Crippen MR) is 108 cm³/mol. The zero-order chi connectivity index (χ0) is 18.7. The van der Waals surface area contributed by atoms with Crippen molar-refractivity contribution in [3.8, 4) is 11.3 Å². The van der Waals surface area contributed by atoms with Crippen LogP contribution in [0.15, 0.2) is 60.1 Å². The Balaban J connectivity index is 2.01. The van der Waals surface area contributed by atoms with Gasteiger partial charge in [-0.25, -0.2) is 9.97 Å². The van der Waals surface area contributed by atoms with E-state index in [1.54, 1.807) is 24.7 Å². The molecule has 0 atom stereocenters. The van der Waals surface area contributed by atoms with Gasteiger partial charge in [0.1, 0.15) is 5.82 Å². The molecule has 0 aliphatic carbocycles. The highest BCUT2D eigenvalue weighted by Crippen LogP contribution is 2.33. The Morgan fingerprint density at radius 3 is 2.81 bits per heavy atom. The number of pyridine rings is 1. The third kappa shape index (κ3) is 4.12. The molecule has 0 unspecified atom stereocenters. The number of carbonyl (C=O) groups excluding carboxylic acids is 1. The topological polar surface area (TPSA) is 71.8 Å². The van der Waals surface area contributed by atoms with Gasteiger partial charge in [0, 0.05) is 42.4 Å². The second-order valence-electron chi connectivity index (χ2n) is 5.49. The third-order valence-electron chi connectivity index (χ3n) is 3.52. The van der Waals surface area contributed by atoms with Crippen LogP contribution in [0, 0.1) is 0 Å². The van der Waals surface area contributed by atoms with E-state index in [1.807, 2.05) is 29.9 Å². The van der Waals surface area contributed by atoms with Crippen molar-refractivity contribution in [3.63, 3.8) is 0 Å². The molecule has 6 nitrogen and oxygen atoms in total. The lowest BCUT2D eigenvalue weighted by Crippen LogP contribution is -2.07. The van der Waals surface area contributed by atoms with Crippen molar-refractivity contribution in [2.45, 2.75) is 0 Å². The van der Waals surface area contributed by atoms with Crippen molar-refractivity contribution in [2.24, 2.45) is 7.05 Å². The fraction of sp³-hybridized carbons (Fsp3) is 0.0556. The highest BCUT2D eigenvalue weighted by Gasteiger charge is 2.11. The van der Waals surface area contributed by atoms with Gasteiger partial charge in [-0.3, -0.25) is 4.79 Å². The summed E-state index contributed by atoms with van der Waals surface area (Å²) in [4.78, 5) is 20.3. The zero-order valence-corrected chi connectivity index (χ0v) is 16.2. The molecule has 1 amide bonds. The number of aryl methyl sites for hydroxylation is 1. The van der Waals surface area contributed by atoms with E-state index in [2.05, 4.69) is 43.1 Å². The quantitative estimate of drug-likeness (QED) is 0.570. The standard InChI is InChI=1S/C18H15BrClN5O/c1-3-18(26)23-11-4-5-15(12(6-11)16-9-25(2)10-22-16)24-17-7-14(20)13(19)8-21-17/h3-10H,1H2,2H3,(H,21,24)(H,23,26). The molecule has 0 spiro atoms. The van der Waals surface area contributed by atoms with E-state index in [0.29, 0.717) is 16.5 Å². The van der Waals surface area contributed by atoms with Crippen molar-refractivity contribution in [1.29, 1.82) is 0 Å². The zero-order valence-electron chi connectivity index (χ0n) is 13.8. The first-order valence-electron chi connectivity index (χ1n) is 7.60. The Bertz CT molecular complexity index is 985. The Kier molecular flexibility index (Phi) is 5.39. The van der Waals surface area contributed by atoms with Crippen molar-refractivity contribution in [1.82, 2.24) is 14.5 Å². The smallest absolute Gasteiger partial charge is 0.247 e. The number of amides is 1. The van der Waals surface area contributed by atoms with E-state index in [4.69, 9.17) is 11.6 Å². The second kappa shape index (κ2) is 7.72. The fourth-order valence-corrected chi connectivity index (χ4v) is 2.68. The maximum atomic E-state index is 11.6. The summed E-state index contributed by atoms with van der Waals surface area (Å²) in [5, 5.41) is 6.55. The number of aromatic nitrogens is 3. The SMILES string of the molecule is C=CC(=O)Nc1ccc(Nc2cc(Cl)c(Br)cn2)c(-c2cn(C)cn2)c1. The number of hydrogen-bond donors (Lipinski definition) is 2. The first kappa shape index (κ1) is 18.2. The van der Waals surface area contributed by atoms with Crippen LogP contribution in [-0.4, -0.2) is 20.4 Å². The molecule has 8 heteroatoms. The molecule has 3 rings (SSSR count). The summed E-state index contributed by atoms with van der Waals surface area (Å²) in [6.45, 7) is 3.46. The number of imidazole rings is 1. The number of rotatable bonds is 5. The monoisotopic (exact) mass is 431 g/mol. The maximum absolute atomic E-state index is 11.6. The van der Waals surface area contributed by atoms with Gasteiger partial charge in [0.2, 0.25) is 5.91 Å². The van der Waals surface area contributed by atoms with E-state index in [1.165, 1.54) is 6.08 Å². The third-order valence-corrected chi connectivity index (χ3v) is 4.70. The average molecular weight is 433 g/mol. The summed E-state index contributed by atoms with van der Waals surface area (Å²) in [7, 11) is 1.89. The molecule has 2 N–H and O–H groups in total. The van der Waals surface area contributed by atoms with Crippen LogP contribution in [0.4, 0.5) is 17.2 Å². The minimum Gasteiger partial charge on any atom is -0.340 e. The van der Waals surface area contributed by atoms with Crippen LogP contribution in [-0.2, 0) is 11.8 Å². The van der Waals surface area contributed by atoms with Crippen LogP contribution in [0.5, 0.6) is 0 Å². The molecule has 0 aliphatic heterocycles. The highest BCUT2D eigenvalue weighted by molar-refractivity contribution is 9.10. The molecule has 0 radical (unpaired) electrons. The number of halogens is 2. The van der Waals surface area contributed by atoms with Crippen LogP contribution < -0.4 is 10.6 Å². The van der Waals surface area contributed by atoms with Crippen molar-refractivity contribution >= 4 is 50.6 Å². The summed E-state index contributed by atoms with van der Waals surface area (Å²) < 4.78 is 2.57. The lowest BCUT2D eigenvalue weighted by Gasteiger charge is -2.13. The summed E-state index contributed by atoms with van der Waals surface area (Å²) in [5.41, 5.74) is 3.00. The highest BCUT2D eigenvalue weighted by atomic mass is 79.9. The van der Waals surface area contributed by atoms with Gasteiger partial charge in [-0.15, -0.1) is 0 Å². The summed E-state index contributed by atoms with van der Waals surface area (Å²) in [6.07, 6.45) is 6.45. The van der Waals surface area contributed by atoms with Gasteiger partial charge in [0.25, 0.3) is 0 Å². The van der Waals surface area contributed by atoms with Crippen molar-refractivity contribution in [3.05, 3.63) is 65.1 Å². The van der Waals surface area contributed by atoms with Crippen molar-refractivity contribution < 1.29 is 4.79 Å². The number of anilines is 3. The van der Waals surface area contributed by atoms with E-state index >= 15 is 0 Å². The van der Waals surface area contributed by atoms with E-state index in [9.17, 15) is 4.79 Å². The molecule has 2 aromatic heterocycles. The number of benzene rings is 1. The molecule has 0 aliphatic rings. The van der Waals surface area contributed by atoms with Crippen LogP contribution in [0.2, 0.25) is 5.02 Å². The number of nitrogens with zero attached hydrogens (tertiary/aromatic N) is 3. The Hall–Kier alpha value is -2.64. The lowest BCUT2D eigenvalue weighted by atomic mass is 10.1. The normalized spacial score (nSPS) is 10.4. The van der Waals surface area contributed by atoms with Crippen molar-refractivity contribution in [2.75, 3.05) is 10.6 Å². The van der Waals surface area contributed by atoms with Crippen LogP contribution in [0.25, 0.3) is 11.3 Å². The second-order valence-corrected chi connectivity index (χ2v) is 6.75. The number of hydrogen-bond acceptors (Lipinski definition) is 4. The van der Waals surface area contributed by atoms with Gasteiger partial charge < -0.3 is 15.2 Å². The summed E-state index contributed by atoms with van der Waals surface area (Å²) >= 11 is 9.46. The molecule has 3 aromatic rings. The van der Waals surface area contributed by atoms with Gasteiger partial charge in [0.15, 0.2) is 0 Å². The molecule has 2 heterocycles. The van der Waals surface area contributed by atoms with Crippen LogP contribution >= 0.6 is 27.5 Å². The van der Waals surface area contributed by atoms with Gasteiger partial charge in [0.05, 0.1) is 21.5 Å². The fourth-order valence-electron chi connectivity index (χ4n) is 2.31. The van der Waals surface area contributed by atoms with Crippen LogP contribution in [0.3, 0.4) is 0 Å². The Morgan fingerprint density at radius 2 is 2.15 bits per heavy atom. The van der Waals surface area contributed by atoms with Gasteiger partial charge in [-0.2, -0.15) is 0 Å². The minimum absolute atomic E-state index is 0.279. The first-order valence-corrected chi connectivity index (χ1v) is 8.77. The summed E-state index contributed by atoms with van der Waals surface area (Å²) in [5.74, 6) is 0.317. The molecule has 0 bridgehead atoms. The summed E-state index contributed by atoms with van der Waals surface area (Å²) in [6, 6.07) is 7.20. The molecule has 0 saturated carbocycles. The van der Waals surface area contributed by atoms with E-state index < -0.39 is 0 Å². The molecule has 1 aromatic carbocycles. The maximum Gasteiger partial charge on any atom is 0.247 e. The van der Waals surface area contributed by atoms with Gasteiger partial charge >= 0.3 is 0 Å². The number of carbonyl (C=O) groups is 1. The van der Waals surface area contributed by atoms with Crippen LogP contribution in [0.1, 0.15) is 0 Å². The lowest BCUT2D eigenvalue weighted by molar-refractivity contribution is -0.111. The predicted octanol–water partition coefficient (Wildman–Crippen LogP) is 4.77. The van der Waals surface area contributed by atoms with E-state index in [0.717, 1.165) is 21.4 Å². The van der Waals surface area contributed by atoms with E-state index in [-0.39, 0.29) is 5.91 Å². The molecule has 26 heavy (non-hydrogen) atoms.